The average molecular weight is 211 g/mol. The van der Waals surface area contributed by atoms with Crippen molar-refractivity contribution in [2.75, 3.05) is 13.2 Å². The van der Waals surface area contributed by atoms with Crippen molar-refractivity contribution in [3.8, 4) is 0 Å². The fourth-order valence-corrected chi connectivity index (χ4v) is 2.19. The van der Waals surface area contributed by atoms with Gasteiger partial charge in [-0.05, 0) is 37.6 Å². The first-order chi connectivity index (χ1) is 7.27. The first-order valence-electron chi connectivity index (χ1n) is 6.17. The molecule has 0 aromatic rings. The molecule has 1 saturated heterocycles. The molecule has 0 spiro atoms. The highest BCUT2D eigenvalue weighted by Crippen LogP contribution is 2.32. The highest BCUT2D eigenvalue weighted by Gasteiger charge is 2.29. The Morgan fingerprint density at radius 1 is 1.40 bits per heavy atom. The standard InChI is InChI=1S/C12H21NO2/c1-9-3-2-7-13-11(9)12(14)15-8-6-10-4-5-10/h9-11,13H,2-8H2,1H3. The molecule has 2 unspecified atom stereocenters. The van der Waals surface area contributed by atoms with E-state index in [1.807, 2.05) is 0 Å². The molecule has 1 aliphatic carbocycles. The van der Waals surface area contributed by atoms with Crippen LogP contribution in [0.25, 0.3) is 0 Å². The summed E-state index contributed by atoms with van der Waals surface area (Å²) in [4.78, 5) is 11.7. The van der Waals surface area contributed by atoms with Crippen molar-refractivity contribution in [2.45, 2.75) is 45.1 Å². The maximum Gasteiger partial charge on any atom is 0.323 e. The summed E-state index contributed by atoms with van der Waals surface area (Å²) in [5.74, 6) is 1.23. The molecule has 1 aliphatic heterocycles. The number of carbonyl (C=O) groups excluding carboxylic acids is 1. The van der Waals surface area contributed by atoms with E-state index in [4.69, 9.17) is 4.74 Å². The topological polar surface area (TPSA) is 38.3 Å². The van der Waals surface area contributed by atoms with E-state index in [2.05, 4.69) is 12.2 Å². The third-order valence-corrected chi connectivity index (χ3v) is 3.49. The van der Waals surface area contributed by atoms with Crippen LogP contribution in [0, 0.1) is 11.8 Å². The average Bonchev–Trinajstić information content (AvgIpc) is 3.02. The second-order valence-electron chi connectivity index (χ2n) is 4.95. The van der Waals surface area contributed by atoms with Crippen LogP contribution in [0.5, 0.6) is 0 Å². The maximum atomic E-state index is 11.7. The summed E-state index contributed by atoms with van der Waals surface area (Å²) in [6.07, 6.45) is 6.03. The van der Waals surface area contributed by atoms with Gasteiger partial charge in [0.05, 0.1) is 6.61 Å². The summed E-state index contributed by atoms with van der Waals surface area (Å²) in [5.41, 5.74) is 0. The smallest absolute Gasteiger partial charge is 0.323 e. The van der Waals surface area contributed by atoms with Crippen LogP contribution in [0.4, 0.5) is 0 Å². The molecule has 0 amide bonds. The number of hydrogen-bond donors (Lipinski definition) is 1. The molecule has 0 aromatic carbocycles. The van der Waals surface area contributed by atoms with Crippen LogP contribution in [0.3, 0.4) is 0 Å². The van der Waals surface area contributed by atoms with Gasteiger partial charge in [-0.3, -0.25) is 4.79 Å². The Hall–Kier alpha value is -0.570. The molecule has 2 rings (SSSR count). The Morgan fingerprint density at radius 2 is 2.20 bits per heavy atom. The zero-order chi connectivity index (χ0) is 10.7. The summed E-state index contributed by atoms with van der Waals surface area (Å²) >= 11 is 0. The van der Waals surface area contributed by atoms with E-state index >= 15 is 0 Å². The predicted octanol–water partition coefficient (Wildman–Crippen LogP) is 1.72. The second kappa shape index (κ2) is 4.97. The lowest BCUT2D eigenvalue weighted by Crippen LogP contribution is -2.46. The summed E-state index contributed by atoms with van der Waals surface area (Å²) in [6.45, 7) is 3.69. The summed E-state index contributed by atoms with van der Waals surface area (Å²) in [6, 6.07) is -0.0575. The quantitative estimate of drug-likeness (QED) is 0.720. The minimum Gasteiger partial charge on any atom is -0.465 e. The van der Waals surface area contributed by atoms with Crippen LogP contribution >= 0.6 is 0 Å². The first kappa shape index (κ1) is 10.9. The number of carbonyl (C=O) groups is 1. The van der Waals surface area contributed by atoms with E-state index in [-0.39, 0.29) is 12.0 Å². The lowest BCUT2D eigenvalue weighted by molar-refractivity contribution is -0.148. The number of nitrogens with one attached hydrogen (secondary N) is 1. The molecular weight excluding hydrogens is 190 g/mol. The molecule has 3 heteroatoms. The molecule has 0 aromatic heterocycles. The van der Waals surface area contributed by atoms with E-state index in [1.165, 1.54) is 19.3 Å². The molecule has 0 radical (unpaired) electrons. The Bertz CT molecular complexity index is 226. The van der Waals surface area contributed by atoms with E-state index in [9.17, 15) is 4.79 Å². The lowest BCUT2D eigenvalue weighted by atomic mass is 9.93. The van der Waals surface area contributed by atoms with E-state index in [0.717, 1.165) is 25.3 Å². The minimum atomic E-state index is -0.0575. The van der Waals surface area contributed by atoms with Gasteiger partial charge in [0.15, 0.2) is 0 Å². The van der Waals surface area contributed by atoms with Crippen LogP contribution in [0.15, 0.2) is 0 Å². The fraction of sp³-hybridized carbons (Fsp3) is 0.917. The molecular formula is C12H21NO2. The number of hydrogen-bond acceptors (Lipinski definition) is 3. The summed E-state index contributed by atoms with van der Waals surface area (Å²) in [7, 11) is 0. The minimum absolute atomic E-state index is 0.0390. The van der Waals surface area contributed by atoms with E-state index in [0.29, 0.717) is 12.5 Å². The van der Waals surface area contributed by atoms with Gasteiger partial charge in [0, 0.05) is 0 Å². The van der Waals surface area contributed by atoms with Crippen molar-refractivity contribution in [3.05, 3.63) is 0 Å². The van der Waals surface area contributed by atoms with Crippen LogP contribution < -0.4 is 5.32 Å². The summed E-state index contributed by atoms with van der Waals surface area (Å²) in [5, 5.41) is 3.25. The zero-order valence-corrected chi connectivity index (χ0v) is 9.50. The molecule has 2 atom stereocenters. The summed E-state index contributed by atoms with van der Waals surface area (Å²) < 4.78 is 5.30. The number of piperidine rings is 1. The Morgan fingerprint density at radius 3 is 2.87 bits per heavy atom. The molecule has 1 heterocycles. The SMILES string of the molecule is CC1CCCNC1C(=O)OCCC1CC1. The lowest BCUT2D eigenvalue weighted by Gasteiger charge is -2.28. The molecule has 1 saturated carbocycles. The molecule has 15 heavy (non-hydrogen) atoms. The largest absolute Gasteiger partial charge is 0.465 e. The predicted molar refractivity (Wildman–Crippen MR) is 58.5 cm³/mol. The zero-order valence-electron chi connectivity index (χ0n) is 9.50. The van der Waals surface area contributed by atoms with Crippen molar-refractivity contribution in [1.29, 1.82) is 0 Å². The maximum absolute atomic E-state index is 11.7. The Balaban J connectivity index is 1.68. The van der Waals surface area contributed by atoms with Gasteiger partial charge in [-0.1, -0.05) is 19.8 Å². The van der Waals surface area contributed by atoms with Crippen molar-refractivity contribution in [2.24, 2.45) is 11.8 Å². The van der Waals surface area contributed by atoms with Gasteiger partial charge in [-0.15, -0.1) is 0 Å². The highest BCUT2D eigenvalue weighted by atomic mass is 16.5. The van der Waals surface area contributed by atoms with Gasteiger partial charge < -0.3 is 10.1 Å². The van der Waals surface area contributed by atoms with Gasteiger partial charge in [-0.2, -0.15) is 0 Å². The molecule has 86 valence electrons. The van der Waals surface area contributed by atoms with Gasteiger partial charge in [0.25, 0.3) is 0 Å². The van der Waals surface area contributed by atoms with Crippen LogP contribution in [-0.4, -0.2) is 25.2 Å². The Kier molecular flexibility index (Phi) is 3.62. The van der Waals surface area contributed by atoms with E-state index in [1.54, 1.807) is 0 Å². The van der Waals surface area contributed by atoms with Gasteiger partial charge in [-0.25, -0.2) is 0 Å². The second-order valence-corrected chi connectivity index (χ2v) is 4.95. The number of esters is 1. The number of ether oxygens (including phenoxy) is 1. The van der Waals surface area contributed by atoms with Crippen molar-refractivity contribution < 1.29 is 9.53 Å². The monoisotopic (exact) mass is 211 g/mol. The molecule has 1 N–H and O–H groups in total. The van der Waals surface area contributed by atoms with Crippen molar-refractivity contribution >= 4 is 5.97 Å². The van der Waals surface area contributed by atoms with Crippen LogP contribution in [-0.2, 0) is 9.53 Å². The normalized spacial score (nSPS) is 31.3. The third-order valence-electron chi connectivity index (χ3n) is 3.49. The van der Waals surface area contributed by atoms with Crippen LogP contribution in [0.2, 0.25) is 0 Å². The van der Waals surface area contributed by atoms with Crippen molar-refractivity contribution in [1.82, 2.24) is 5.32 Å². The van der Waals surface area contributed by atoms with Gasteiger partial charge >= 0.3 is 5.97 Å². The fourth-order valence-electron chi connectivity index (χ4n) is 2.19. The Labute approximate surface area is 91.6 Å². The number of rotatable bonds is 4. The first-order valence-corrected chi connectivity index (χ1v) is 6.17. The molecule has 2 fully saturated rings. The molecule has 3 nitrogen and oxygen atoms in total. The van der Waals surface area contributed by atoms with Gasteiger partial charge in [0.2, 0.25) is 0 Å². The van der Waals surface area contributed by atoms with Crippen LogP contribution in [0.1, 0.15) is 39.0 Å². The van der Waals surface area contributed by atoms with E-state index < -0.39 is 0 Å². The molecule has 2 aliphatic rings. The van der Waals surface area contributed by atoms with Crippen molar-refractivity contribution in [3.63, 3.8) is 0 Å². The third kappa shape index (κ3) is 3.20. The highest BCUT2D eigenvalue weighted by molar-refractivity contribution is 5.76. The molecule has 0 bridgehead atoms. The van der Waals surface area contributed by atoms with Gasteiger partial charge in [0.1, 0.15) is 6.04 Å².